The molecule has 2 aromatic heterocycles. The zero-order valence-corrected chi connectivity index (χ0v) is 19.1. The second kappa shape index (κ2) is 8.62. The van der Waals surface area contributed by atoms with Crippen LogP contribution in [0.5, 0.6) is 0 Å². The molecule has 0 aliphatic carbocycles. The molecule has 4 heterocycles. The van der Waals surface area contributed by atoms with Crippen molar-refractivity contribution in [1.29, 1.82) is 5.41 Å². The number of aliphatic imine (C=N–C) groups is 1. The molecule has 2 aliphatic heterocycles. The van der Waals surface area contributed by atoms with Gasteiger partial charge in [-0.1, -0.05) is 48.5 Å². The Labute approximate surface area is 204 Å². The quantitative estimate of drug-likeness (QED) is 0.435. The second-order valence-electron chi connectivity index (χ2n) is 7.75. The summed E-state index contributed by atoms with van der Waals surface area (Å²) in [5.74, 6) is -0.513. The van der Waals surface area contributed by atoms with Gasteiger partial charge in [0.15, 0.2) is 5.84 Å². The first-order chi connectivity index (χ1) is 17.2. The molecule has 0 atom stereocenters. The lowest BCUT2D eigenvalue weighted by Crippen LogP contribution is -2.35. The van der Waals surface area contributed by atoms with Crippen LogP contribution >= 0.6 is 11.8 Å². The average Bonchev–Trinajstić information content (AvgIpc) is 3.53. The highest BCUT2D eigenvalue weighted by molar-refractivity contribution is 8.27. The fraction of sp³-hybridized carbons (Fsp3) is 0. The highest BCUT2D eigenvalue weighted by Gasteiger charge is 2.36. The van der Waals surface area contributed by atoms with Gasteiger partial charge in [-0.15, -0.1) is 0 Å². The highest BCUT2D eigenvalue weighted by atomic mass is 32.2. The maximum Gasteiger partial charge on any atom is 0.283 e. The number of amidine groups is 2. The Morgan fingerprint density at radius 3 is 2.40 bits per heavy atom. The minimum Gasteiger partial charge on any atom is -0.282 e. The number of hydrazone groups is 1. The summed E-state index contributed by atoms with van der Waals surface area (Å²) < 4.78 is 1.77. The predicted octanol–water partition coefficient (Wildman–Crippen LogP) is 4.60. The van der Waals surface area contributed by atoms with Gasteiger partial charge in [0.05, 0.1) is 17.0 Å². The Morgan fingerprint density at radius 1 is 0.914 bits per heavy atom. The summed E-state index contributed by atoms with van der Waals surface area (Å²) in [6, 6.07) is 23.2. The van der Waals surface area contributed by atoms with Gasteiger partial charge in [0, 0.05) is 35.3 Å². The van der Waals surface area contributed by atoms with Crippen LogP contribution in [0.1, 0.15) is 11.1 Å². The number of hydrogen-bond donors (Lipinski definition) is 1. The number of pyridine rings is 1. The van der Waals surface area contributed by atoms with E-state index in [2.05, 4.69) is 15.1 Å². The molecule has 6 rings (SSSR count). The van der Waals surface area contributed by atoms with E-state index in [0.717, 1.165) is 16.8 Å². The first-order valence-corrected chi connectivity index (χ1v) is 11.6. The summed E-state index contributed by atoms with van der Waals surface area (Å²) >= 11 is 1.25. The Balaban J connectivity index is 1.42. The average molecular weight is 476 g/mol. The molecule has 1 amide bonds. The van der Waals surface area contributed by atoms with Gasteiger partial charge in [0.2, 0.25) is 5.17 Å². The number of thioether (sulfide) groups is 1. The monoisotopic (exact) mass is 475 g/mol. The Bertz CT molecular complexity index is 1540. The van der Waals surface area contributed by atoms with E-state index in [9.17, 15) is 4.79 Å². The van der Waals surface area contributed by atoms with E-state index in [4.69, 9.17) is 10.5 Å². The van der Waals surface area contributed by atoms with Crippen molar-refractivity contribution in [2.75, 3.05) is 0 Å². The van der Waals surface area contributed by atoms with Gasteiger partial charge < -0.3 is 0 Å². The van der Waals surface area contributed by atoms with Crippen LogP contribution in [0.25, 0.3) is 23.0 Å². The van der Waals surface area contributed by atoms with Crippen molar-refractivity contribution in [2.45, 2.75) is 0 Å². The lowest BCUT2D eigenvalue weighted by molar-refractivity contribution is -0.114. The number of nitrogens with zero attached hydrogens (tertiary/aromatic N) is 6. The van der Waals surface area contributed by atoms with Crippen LogP contribution in [-0.2, 0) is 4.79 Å². The number of amides is 1. The number of fused-ring (bicyclic) bond motifs is 1. The van der Waals surface area contributed by atoms with Gasteiger partial charge >= 0.3 is 0 Å². The van der Waals surface area contributed by atoms with E-state index < -0.39 is 5.91 Å². The van der Waals surface area contributed by atoms with E-state index in [1.54, 1.807) is 23.2 Å². The zero-order valence-electron chi connectivity index (χ0n) is 18.2. The summed E-state index contributed by atoms with van der Waals surface area (Å²) in [5, 5.41) is 20.4. The number of hydrogen-bond acceptors (Lipinski definition) is 6. The molecule has 9 heteroatoms. The fourth-order valence-corrected chi connectivity index (χ4v) is 4.66. The van der Waals surface area contributed by atoms with Crippen LogP contribution in [0.2, 0.25) is 0 Å². The lowest BCUT2D eigenvalue weighted by atomic mass is 10.0. The van der Waals surface area contributed by atoms with Gasteiger partial charge in [0.1, 0.15) is 5.04 Å². The van der Waals surface area contributed by atoms with Gasteiger partial charge in [-0.2, -0.15) is 20.2 Å². The molecule has 35 heavy (non-hydrogen) atoms. The van der Waals surface area contributed by atoms with Crippen molar-refractivity contribution in [2.24, 2.45) is 10.1 Å². The molecule has 4 aromatic rings. The minimum absolute atomic E-state index is 0.0298. The molecular weight excluding hydrogens is 458 g/mol. The maximum absolute atomic E-state index is 13.0. The third-order valence-electron chi connectivity index (χ3n) is 5.47. The summed E-state index contributed by atoms with van der Waals surface area (Å²) in [6.07, 6.45) is 6.90. The topological polar surface area (TPSA) is 99.6 Å². The van der Waals surface area contributed by atoms with Crippen LogP contribution in [-0.4, -0.2) is 41.7 Å². The third-order valence-corrected chi connectivity index (χ3v) is 6.43. The number of rotatable bonds is 4. The smallest absolute Gasteiger partial charge is 0.282 e. The van der Waals surface area contributed by atoms with Crippen molar-refractivity contribution >= 4 is 39.8 Å². The summed E-state index contributed by atoms with van der Waals surface area (Å²) in [6.45, 7) is 0. The molecule has 0 saturated heterocycles. The van der Waals surface area contributed by atoms with Crippen molar-refractivity contribution in [3.63, 3.8) is 0 Å². The fourth-order valence-electron chi connectivity index (χ4n) is 3.78. The SMILES string of the molecule is N=C1/C(=C/c2cn(-c3ccccc3)nc2-c2ccccc2)C(=O)N=C2SC(c3cccnc3)=NN12. The van der Waals surface area contributed by atoms with Crippen molar-refractivity contribution in [3.05, 3.63) is 108 Å². The molecule has 8 nitrogen and oxygen atoms in total. The van der Waals surface area contributed by atoms with Crippen LogP contribution in [0.3, 0.4) is 0 Å². The number of benzene rings is 2. The van der Waals surface area contributed by atoms with E-state index >= 15 is 0 Å². The molecule has 2 aliphatic rings. The molecule has 0 spiro atoms. The zero-order chi connectivity index (χ0) is 23.8. The molecule has 0 unspecified atom stereocenters. The number of aromatic nitrogens is 3. The van der Waals surface area contributed by atoms with Crippen LogP contribution in [0, 0.1) is 5.41 Å². The standard InChI is InChI=1S/C26H17N7OS/c27-23-21(24(34)29-26-33(23)31-25(35-26)18-10-7-13-28-15-18)14-19-16-32(20-11-5-2-6-12-20)30-22(19)17-8-3-1-4-9-17/h1-16,27H/b21-14-,27-23?. The number of carbonyl (C=O) groups excluding carboxylic acids is 1. The lowest BCUT2D eigenvalue weighted by Gasteiger charge is -2.20. The second-order valence-corrected chi connectivity index (χ2v) is 8.70. The Kier molecular flexibility index (Phi) is 5.16. The molecule has 0 fully saturated rings. The Hall–Kier alpha value is -4.63. The summed E-state index contributed by atoms with van der Waals surface area (Å²) in [5.41, 5.74) is 4.15. The summed E-state index contributed by atoms with van der Waals surface area (Å²) in [7, 11) is 0. The predicted molar refractivity (Wildman–Crippen MR) is 137 cm³/mol. The van der Waals surface area contributed by atoms with Crippen molar-refractivity contribution in [1.82, 2.24) is 19.8 Å². The molecule has 1 N–H and O–H groups in total. The van der Waals surface area contributed by atoms with Crippen molar-refractivity contribution in [3.8, 4) is 16.9 Å². The van der Waals surface area contributed by atoms with E-state index in [-0.39, 0.29) is 11.4 Å². The normalized spacial score (nSPS) is 16.3. The van der Waals surface area contributed by atoms with E-state index in [1.165, 1.54) is 16.8 Å². The van der Waals surface area contributed by atoms with Crippen LogP contribution in [0.4, 0.5) is 0 Å². The van der Waals surface area contributed by atoms with Gasteiger partial charge in [-0.3, -0.25) is 15.2 Å². The van der Waals surface area contributed by atoms with Crippen LogP contribution < -0.4 is 0 Å². The highest BCUT2D eigenvalue weighted by Crippen LogP contribution is 2.32. The van der Waals surface area contributed by atoms with E-state index in [1.807, 2.05) is 79.0 Å². The van der Waals surface area contributed by atoms with Crippen molar-refractivity contribution < 1.29 is 4.79 Å². The minimum atomic E-state index is -0.483. The molecular formula is C26H17N7OS. The van der Waals surface area contributed by atoms with Gasteiger partial charge in [0.25, 0.3) is 5.91 Å². The molecule has 0 saturated carbocycles. The van der Waals surface area contributed by atoms with Crippen LogP contribution in [0.15, 0.2) is 107 Å². The molecule has 0 bridgehead atoms. The maximum atomic E-state index is 13.0. The Morgan fingerprint density at radius 2 is 1.66 bits per heavy atom. The first kappa shape index (κ1) is 20.9. The number of nitrogens with one attached hydrogen (secondary N) is 1. The molecule has 2 aromatic carbocycles. The van der Waals surface area contributed by atoms with E-state index in [0.29, 0.717) is 21.5 Å². The molecule has 0 radical (unpaired) electrons. The largest absolute Gasteiger partial charge is 0.283 e. The van der Waals surface area contributed by atoms with Gasteiger partial charge in [-0.05, 0) is 42.1 Å². The summed E-state index contributed by atoms with van der Waals surface area (Å²) in [4.78, 5) is 21.3. The number of carbonyl (C=O) groups is 1. The van der Waals surface area contributed by atoms with Gasteiger partial charge in [-0.25, -0.2) is 4.68 Å². The molecule has 168 valence electrons. The third kappa shape index (κ3) is 3.87. The first-order valence-electron chi connectivity index (χ1n) is 10.8. The number of para-hydroxylation sites is 1.